The number of nitrogens with zero attached hydrogens (tertiary/aromatic N) is 4. The average molecular weight is 305 g/mol. The van der Waals surface area contributed by atoms with Crippen LogP contribution in [0.3, 0.4) is 0 Å². The molecule has 3 heterocycles. The Kier molecular flexibility index (Phi) is 3.12. The van der Waals surface area contributed by atoms with Crippen LogP contribution >= 0.6 is 0 Å². The van der Waals surface area contributed by atoms with Gasteiger partial charge >= 0.3 is 11.7 Å². The number of hydrogen-bond acceptors (Lipinski definition) is 4. The number of fused-ring (bicyclic) bond motifs is 3. The molecule has 0 radical (unpaired) electrons. The largest absolute Gasteiger partial charge is 0.481 e. The third kappa shape index (κ3) is 2.01. The molecule has 3 aromatic heterocycles. The first kappa shape index (κ1) is 14.1. The van der Waals surface area contributed by atoms with E-state index in [9.17, 15) is 14.4 Å². The van der Waals surface area contributed by atoms with E-state index < -0.39 is 17.2 Å². The minimum atomic E-state index is -0.854. The van der Waals surface area contributed by atoms with E-state index >= 15 is 0 Å². The number of aromatic amines is 1. The van der Waals surface area contributed by atoms with Gasteiger partial charge in [0.15, 0.2) is 11.2 Å². The van der Waals surface area contributed by atoms with E-state index in [-0.39, 0.29) is 6.42 Å². The predicted octanol–water partition coefficient (Wildman–Crippen LogP) is -0.151. The van der Waals surface area contributed by atoms with Crippen molar-refractivity contribution in [2.75, 3.05) is 0 Å². The highest BCUT2D eigenvalue weighted by atomic mass is 16.4. The van der Waals surface area contributed by atoms with Crippen molar-refractivity contribution in [3.05, 3.63) is 32.7 Å². The summed E-state index contributed by atoms with van der Waals surface area (Å²) in [7, 11) is 1.54. The zero-order valence-corrected chi connectivity index (χ0v) is 12.2. The maximum absolute atomic E-state index is 12.0. The van der Waals surface area contributed by atoms with Gasteiger partial charge in [-0.15, -0.1) is 0 Å². The molecule has 0 spiro atoms. The maximum Gasteiger partial charge on any atom is 0.329 e. The van der Waals surface area contributed by atoms with Crippen molar-refractivity contribution < 1.29 is 9.90 Å². The molecule has 0 aliphatic heterocycles. The summed E-state index contributed by atoms with van der Waals surface area (Å²) in [6, 6.07) is 0. The van der Waals surface area contributed by atoms with Crippen LogP contribution in [-0.2, 0) is 18.4 Å². The zero-order chi connectivity index (χ0) is 16.0. The Hall–Kier alpha value is -2.84. The Morgan fingerprint density at radius 1 is 1.41 bits per heavy atom. The second-order valence-electron chi connectivity index (χ2n) is 5.19. The lowest BCUT2D eigenvalue weighted by Gasteiger charge is -2.03. The van der Waals surface area contributed by atoms with E-state index in [1.807, 2.05) is 11.5 Å². The van der Waals surface area contributed by atoms with Gasteiger partial charge in [0.05, 0.1) is 0 Å². The van der Waals surface area contributed by atoms with Gasteiger partial charge in [0.2, 0.25) is 5.78 Å². The Balaban J connectivity index is 2.21. The lowest BCUT2D eigenvalue weighted by atomic mass is 10.3. The van der Waals surface area contributed by atoms with Gasteiger partial charge in [-0.05, 0) is 13.3 Å². The van der Waals surface area contributed by atoms with E-state index in [0.29, 0.717) is 29.9 Å². The van der Waals surface area contributed by atoms with Crippen molar-refractivity contribution in [3.63, 3.8) is 0 Å². The highest BCUT2D eigenvalue weighted by molar-refractivity contribution is 5.75. The minimum Gasteiger partial charge on any atom is -0.481 e. The lowest BCUT2D eigenvalue weighted by molar-refractivity contribution is -0.137. The van der Waals surface area contributed by atoms with Crippen LogP contribution < -0.4 is 11.2 Å². The van der Waals surface area contributed by atoms with E-state index in [1.165, 1.54) is 11.6 Å². The predicted molar refractivity (Wildman–Crippen MR) is 78.2 cm³/mol. The van der Waals surface area contributed by atoms with Crippen LogP contribution in [0.2, 0.25) is 0 Å². The standard InChI is InChI=1S/C13H15N5O4/c1-7-6-18-9-10(16(2)13(22)15-11(9)21)14-12(18)17(7)5-3-4-8(19)20/h6H,3-5H2,1-2H3,(H,19,20)(H,15,21,22). The van der Waals surface area contributed by atoms with Crippen molar-refractivity contribution in [2.24, 2.45) is 7.05 Å². The van der Waals surface area contributed by atoms with Crippen molar-refractivity contribution in [1.29, 1.82) is 0 Å². The number of rotatable bonds is 4. The topological polar surface area (TPSA) is 114 Å². The summed E-state index contributed by atoms with van der Waals surface area (Å²) < 4.78 is 4.75. The van der Waals surface area contributed by atoms with E-state index in [4.69, 9.17) is 5.11 Å². The monoisotopic (exact) mass is 305 g/mol. The molecule has 0 aliphatic carbocycles. The van der Waals surface area contributed by atoms with Crippen LogP contribution in [0.15, 0.2) is 15.8 Å². The van der Waals surface area contributed by atoms with Gasteiger partial charge < -0.3 is 9.67 Å². The zero-order valence-electron chi connectivity index (χ0n) is 12.2. The smallest absolute Gasteiger partial charge is 0.329 e. The molecule has 3 rings (SSSR count). The van der Waals surface area contributed by atoms with Gasteiger partial charge in [-0.2, -0.15) is 4.98 Å². The summed E-state index contributed by atoms with van der Waals surface area (Å²) in [4.78, 5) is 40.9. The summed E-state index contributed by atoms with van der Waals surface area (Å²) in [5, 5.41) is 8.73. The normalized spacial score (nSPS) is 11.5. The number of carboxylic acid groups (broad SMARTS) is 1. The first-order valence-electron chi connectivity index (χ1n) is 6.79. The molecular weight excluding hydrogens is 290 g/mol. The number of hydrogen-bond donors (Lipinski definition) is 2. The summed E-state index contributed by atoms with van der Waals surface area (Å²) in [6.07, 6.45) is 2.27. The number of aromatic nitrogens is 5. The Morgan fingerprint density at radius 2 is 2.14 bits per heavy atom. The van der Waals surface area contributed by atoms with Gasteiger partial charge in [-0.25, -0.2) is 4.79 Å². The first-order chi connectivity index (χ1) is 10.4. The maximum atomic E-state index is 12.0. The Morgan fingerprint density at radius 3 is 2.82 bits per heavy atom. The molecule has 0 fully saturated rings. The molecule has 0 atom stereocenters. The van der Waals surface area contributed by atoms with Crippen molar-refractivity contribution >= 4 is 22.9 Å². The second-order valence-corrected chi connectivity index (χ2v) is 5.19. The van der Waals surface area contributed by atoms with E-state index in [2.05, 4.69) is 9.97 Å². The lowest BCUT2D eigenvalue weighted by Crippen LogP contribution is -2.28. The molecular formula is C13H15N5O4. The molecule has 3 aromatic rings. The molecule has 0 aromatic carbocycles. The molecule has 0 amide bonds. The molecule has 0 aliphatic rings. The minimum absolute atomic E-state index is 0.0586. The summed E-state index contributed by atoms with van der Waals surface area (Å²) >= 11 is 0. The van der Waals surface area contributed by atoms with Crippen molar-refractivity contribution in [2.45, 2.75) is 26.3 Å². The SMILES string of the molecule is Cc1cn2c3c(=O)[nH]c(=O)n(C)c3nc2n1CCCC(=O)O. The number of carboxylic acids is 1. The van der Waals surface area contributed by atoms with Gasteiger partial charge in [0.1, 0.15) is 0 Å². The molecule has 22 heavy (non-hydrogen) atoms. The quantitative estimate of drug-likeness (QED) is 0.695. The number of aryl methyl sites for hydroxylation is 3. The molecule has 0 bridgehead atoms. The summed E-state index contributed by atoms with van der Waals surface area (Å²) in [6.45, 7) is 2.33. The number of aliphatic carboxylic acids is 1. The highest BCUT2D eigenvalue weighted by Gasteiger charge is 2.17. The van der Waals surface area contributed by atoms with Gasteiger partial charge in [0, 0.05) is 31.9 Å². The molecule has 9 nitrogen and oxygen atoms in total. The fourth-order valence-corrected chi connectivity index (χ4v) is 2.58. The molecule has 0 saturated heterocycles. The third-order valence-electron chi connectivity index (χ3n) is 3.69. The number of nitrogens with one attached hydrogen (secondary N) is 1. The Labute approximate surface area is 123 Å². The number of carbonyl (C=O) groups is 1. The fourth-order valence-electron chi connectivity index (χ4n) is 2.58. The number of imidazole rings is 2. The van der Waals surface area contributed by atoms with Crippen molar-refractivity contribution in [1.82, 2.24) is 23.5 Å². The molecule has 116 valence electrons. The highest BCUT2D eigenvalue weighted by Crippen LogP contribution is 2.16. The fraction of sp³-hybridized carbons (Fsp3) is 0.385. The average Bonchev–Trinajstić information content (AvgIpc) is 2.93. The van der Waals surface area contributed by atoms with Crippen LogP contribution in [0.25, 0.3) is 16.9 Å². The van der Waals surface area contributed by atoms with Gasteiger partial charge in [-0.1, -0.05) is 0 Å². The first-order valence-corrected chi connectivity index (χ1v) is 6.79. The van der Waals surface area contributed by atoms with Gasteiger partial charge in [-0.3, -0.25) is 23.5 Å². The van der Waals surface area contributed by atoms with Gasteiger partial charge in [0.25, 0.3) is 5.56 Å². The molecule has 0 unspecified atom stereocenters. The third-order valence-corrected chi connectivity index (χ3v) is 3.69. The molecule has 9 heteroatoms. The number of H-pyrrole nitrogens is 1. The van der Waals surface area contributed by atoms with Crippen LogP contribution in [0.5, 0.6) is 0 Å². The summed E-state index contributed by atoms with van der Waals surface area (Å²) in [5.74, 6) is -0.335. The van der Waals surface area contributed by atoms with Crippen LogP contribution in [0.1, 0.15) is 18.5 Å². The van der Waals surface area contributed by atoms with E-state index in [1.54, 1.807) is 10.6 Å². The van der Waals surface area contributed by atoms with Crippen LogP contribution in [-0.4, -0.2) is 34.6 Å². The molecule has 2 N–H and O–H groups in total. The second kappa shape index (κ2) is 4.86. The van der Waals surface area contributed by atoms with E-state index in [0.717, 1.165) is 5.69 Å². The summed E-state index contributed by atoms with van der Waals surface area (Å²) in [5.41, 5.74) is 0.455. The van der Waals surface area contributed by atoms with Crippen LogP contribution in [0, 0.1) is 6.92 Å². The molecule has 0 saturated carbocycles. The van der Waals surface area contributed by atoms with Crippen LogP contribution in [0.4, 0.5) is 0 Å². The van der Waals surface area contributed by atoms with Crippen molar-refractivity contribution in [3.8, 4) is 0 Å². The Bertz CT molecular complexity index is 1000.